The molecule has 1 fully saturated rings. The number of hydrogen-bond donors (Lipinski definition) is 0. The van der Waals surface area contributed by atoms with Crippen LogP contribution in [0.1, 0.15) is 33.1 Å². The van der Waals surface area contributed by atoms with Gasteiger partial charge in [-0.05, 0) is 43.0 Å². The highest BCUT2D eigenvalue weighted by Crippen LogP contribution is 2.18. The van der Waals surface area contributed by atoms with Crippen LogP contribution >= 0.6 is 0 Å². The van der Waals surface area contributed by atoms with E-state index in [0.717, 1.165) is 18.6 Å². The first-order chi connectivity index (χ1) is 11.3. The lowest BCUT2D eigenvalue weighted by molar-refractivity contribution is -0.131. The molecule has 1 aromatic rings. The number of hydrogen-bond acceptors (Lipinski definition) is 3. The monoisotopic (exact) mass is 356 g/mol. The highest BCUT2D eigenvalue weighted by Gasteiger charge is 2.28. The molecule has 0 unspecified atom stereocenters. The van der Waals surface area contributed by atoms with Gasteiger partial charge in [-0.3, -0.25) is 4.79 Å². The topological polar surface area (TPSA) is 57.7 Å². The fourth-order valence-electron chi connectivity index (χ4n) is 2.71. The molecule has 0 spiro atoms. The van der Waals surface area contributed by atoms with Gasteiger partial charge in [0.1, 0.15) is 5.82 Å². The fraction of sp³-hybridized carbons (Fsp3) is 0.588. The second-order valence-corrected chi connectivity index (χ2v) is 8.46. The predicted molar refractivity (Wildman–Crippen MR) is 90.4 cm³/mol. The van der Waals surface area contributed by atoms with Gasteiger partial charge in [-0.1, -0.05) is 13.8 Å². The molecule has 0 aliphatic carbocycles. The van der Waals surface area contributed by atoms with Gasteiger partial charge in [-0.2, -0.15) is 4.31 Å². The molecule has 1 aliphatic heterocycles. The Labute approximate surface area is 143 Å². The van der Waals surface area contributed by atoms with Crippen molar-refractivity contribution in [2.75, 3.05) is 26.2 Å². The largest absolute Gasteiger partial charge is 0.341 e. The van der Waals surface area contributed by atoms with Gasteiger partial charge >= 0.3 is 0 Å². The zero-order valence-electron chi connectivity index (χ0n) is 14.2. The third kappa shape index (κ3) is 4.77. The van der Waals surface area contributed by atoms with E-state index in [1.54, 1.807) is 4.90 Å². The van der Waals surface area contributed by atoms with Gasteiger partial charge in [0.05, 0.1) is 4.90 Å². The number of carbonyl (C=O) groups is 1. The summed E-state index contributed by atoms with van der Waals surface area (Å²) in [6.45, 7) is 5.77. The summed E-state index contributed by atoms with van der Waals surface area (Å²) in [6, 6.07) is 4.85. The van der Waals surface area contributed by atoms with Crippen molar-refractivity contribution in [2.24, 2.45) is 5.92 Å². The van der Waals surface area contributed by atoms with Crippen molar-refractivity contribution in [3.63, 3.8) is 0 Å². The minimum atomic E-state index is -3.65. The molecule has 0 saturated carbocycles. The van der Waals surface area contributed by atoms with E-state index >= 15 is 0 Å². The Kier molecular flexibility index (Phi) is 6.34. The van der Waals surface area contributed by atoms with Gasteiger partial charge in [0.2, 0.25) is 15.9 Å². The second-order valence-electron chi connectivity index (χ2n) is 6.52. The lowest BCUT2D eigenvalue weighted by Gasteiger charge is -2.22. The summed E-state index contributed by atoms with van der Waals surface area (Å²) in [4.78, 5) is 14.1. The molecule has 0 aromatic heterocycles. The normalized spacial score (nSPS) is 17.1. The molecular formula is C17H25FN2O3S. The molecule has 0 radical (unpaired) electrons. The SMILES string of the molecule is CC(C)CCC(=O)N1CCCN(S(=O)(=O)c2ccc(F)cc2)CC1. The molecule has 0 bridgehead atoms. The summed E-state index contributed by atoms with van der Waals surface area (Å²) < 4.78 is 39.7. The Morgan fingerprint density at radius 1 is 1.12 bits per heavy atom. The Morgan fingerprint density at radius 3 is 2.42 bits per heavy atom. The second kappa shape index (κ2) is 8.07. The number of amides is 1. The van der Waals surface area contributed by atoms with Crippen LogP contribution in [0.3, 0.4) is 0 Å². The Morgan fingerprint density at radius 2 is 1.79 bits per heavy atom. The highest BCUT2D eigenvalue weighted by atomic mass is 32.2. The minimum absolute atomic E-state index is 0.0866. The number of benzene rings is 1. The summed E-state index contributed by atoms with van der Waals surface area (Å²) in [7, 11) is -3.65. The molecule has 2 rings (SSSR count). The van der Waals surface area contributed by atoms with E-state index in [0.29, 0.717) is 38.4 Å². The zero-order valence-corrected chi connectivity index (χ0v) is 15.1. The van der Waals surface area contributed by atoms with Crippen LogP contribution in [0.2, 0.25) is 0 Å². The van der Waals surface area contributed by atoms with Gasteiger partial charge in [-0.25, -0.2) is 12.8 Å². The Bertz CT molecular complexity index is 659. The number of nitrogens with zero attached hydrogens (tertiary/aromatic N) is 2. The molecule has 1 heterocycles. The maximum absolute atomic E-state index is 13.0. The first kappa shape index (κ1) is 18.9. The van der Waals surface area contributed by atoms with Crippen LogP contribution in [-0.4, -0.2) is 49.7 Å². The standard InChI is InChI=1S/C17H25FN2O3S/c1-14(2)4-9-17(21)19-10-3-11-20(13-12-19)24(22,23)16-7-5-15(18)6-8-16/h5-8,14H,3-4,9-13H2,1-2H3. The van der Waals surface area contributed by atoms with Crippen molar-refractivity contribution < 1.29 is 17.6 Å². The summed E-state index contributed by atoms with van der Waals surface area (Å²) in [5, 5.41) is 0. The molecule has 1 saturated heterocycles. The molecule has 1 amide bonds. The molecule has 134 valence electrons. The first-order valence-corrected chi connectivity index (χ1v) is 9.78. The van der Waals surface area contributed by atoms with Crippen molar-refractivity contribution in [1.82, 2.24) is 9.21 Å². The van der Waals surface area contributed by atoms with Crippen molar-refractivity contribution in [1.29, 1.82) is 0 Å². The van der Waals surface area contributed by atoms with Crippen LogP contribution < -0.4 is 0 Å². The zero-order chi connectivity index (χ0) is 17.7. The van der Waals surface area contributed by atoms with E-state index in [4.69, 9.17) is 0 Å². The van der Waals surface area contributed by atoms with Gasteiger partial charge in [0, 0.05) is 32.6 Å². The highest BCUT2D eigenvalue weighted by molar-refractivity contribution is 7.89. The van der Waals surface area contributed by atoms with Crippen molar-refractivity contribution >= 4 is 15.9 Å². The average molecular weight is 356 g/mol. The molecule has 0 atom stereocenters. The smallest absolute Gasteiger partial charge is 0.243 e. The van der Waals surface area contributed by atoms with Crippen molar-refractivity contribution in [3.8, 4) is 0 Å². The van der Waals surface area contributed by atoms with E-state index in [-0.39, 0.29) is 17.3 Å². The summed E-state index contributed by atoms with van der Waals surface area (Å²) >= 11 is 0. The number of carbonyl (C=O) groups excluding carboxylic acids is 1. The molecule has 0 N–H and O–H groups in total. The lowest BCUT2D eigenvalue weighted by Crippen LogP contribution is -2.37. The van der Waals surface area contributed by atoms with E-state index in [9.17, 15) is 17.6 Å². The Hall–Kier alpha value is -1.47. The Balaban J connectivity index is 2.02. The van der Waals surface area contributed by atoms with E-state index < -0.39 is 15.8 Å². The molecular weight excluding hydrogens is 331 g/mol. The quantitative estimate of drug-likeness (QED) is 0.814. The number of rotatable bonds is 5. The number of sulfonamides is 1. The minimum Gasteiger partial charge on any atom is -0.341 e. The van der Waals surface area contributed by atoms with E-state index in [1.807, 2.05) is 0 Å². The summed E-state index contributed by atoms with van der Waals surface area (Å²) in [5.41, 5.74) is 0. The van der Waals surface area contributed by atoms with Gasteiger partial charge in [0.15, 0.2) is 0 Å². The third-order valence-corrected chi connectivity index (χ3v) is 6.11. The molecule has 7 heteroatoms. The van der Waals surface area contributed by atoms with E-state index in [2.05, 4.69) is 13.8 Å². The van der Waals surface area contributed by atoms with Crippen LogP contribution in [0, 0.1) is 11.7 Å². The van der Waals surface area contributed by atoms with E-state index in [1.165, 1.54) is 16.4 Å². The third-order valence-electron chi connectivity index (χ3n) is 4.19. The van der Waals surface area contributed by atoms with Crippen LogP contribution in [0.15, 0.2) is 29.2 Å². The lowest BCUT2D eigenvalue weighted by atomic mass is 10.1. The van der Waals surface area contributed by atoms with Crippen molar-refractivity contribution in [3.05, 3.63) is 30.1 Å². The maximum Gasteiger partial charge on any atom is 0.243 e. The number of halogens is 1. The maximum atomic E-state index is 13.0. The van der Waals surface area contributed by atoms with Crippen LogP contribution in [0.5, 0.6) is 0 Å². The van der Waals surface area contributed by atoms with Gasteiger partial charge in [-0.15, -0.1) is 0 Å². The van der Waals surface area contributed by atoms with Crippen LogP contribution in [0.4, 0.5) is 4.39 Å². The van der Waals surface area contributed by atoms with Crippen LogP contribution in [0.25, 0.3) is 0 Å². The predicted octanol–water partition coefficient (Wildman–Crippen LogP) is 2.48. The van der Waals surface area contributed by atoms with Gasteiger partial charge < -0.3 is 4.90 Å². The summed E-state index contributed by atoms with van der Waals surface area (Å²) in [5.74, 6) is 0.0905. The molecule has 5 nitrogen and oxygen atoms in total. The van der Waals surface area contributed by atoms with Gasteiger partial charge in [0.25, 0.3) is 0 Å². The summed E-state index contributed by atoms with van der Waals surface area (Å²) in [6.07, 6.45) is 1.95. The fourth-order valence-corrected chi connectivity index (χ4v) is 4.18. The molecule has 1 aromatic carbocycles. The van der Waals surface area contributed by atoms with Crippen molar-refractivity contribution in [2.45, 2.75) is 38.0 Å². The average Bonchev–Trinajstić information content (AvgIpc) is 2.79. The van der Waals surface area contributed by atoms with Crippen LogP contribution in [-0.2, 0) is 14.8 Å². The first-order valence-electron chi connectivity index (χ1n) is 8.34. The molecule has 24 heavy (non-hydrogen) atoms. The molecule has 1 aliphatic rings.